The molecule has 0 unspecified atom stereocenters. The molecule has 0 radical (unpaired) electrons. The molecule has 0 aliphatic carbocycles. The minimum absolute atomic E-state index is 0.0391. The Labute approximate surface area is 160 Å². The number of aromatic hydroxyl groups is 1. The molecule has 0 amide bonds. The van der Waals surface area contributed by atoms with Crippen molar-refractivity contribution < 1.29 is 9.84 Å². The highest BCUT2D eigenvalue weighted by molar-refractivity contribution is 9.10. The molecule has 0 bridgehead atoms. The largest absolute Gasteiger partial charge is 0.503 e. The number of allylic oxidation sites excluding steroid dienone is 1. The fourth-order valence-electron chi connectivity index (χ4n) is 2.66. The molecular formula is C20H18BrN3O2. The summed E-state index contributed by atoms with van der Waals surface area (Å²) in [5, 5.41) is 19.6. The van der Waals surface area contributed by atoms with Gasteiger partial charge in [-0.2, -0.15) is 5.26 Å². The van der Waals surface area contributed by atoms with Gasteiger partial charge in [0.25, 0.3) is 0 Å². The van der Waals surface area contributed by atoms with Crippen LogP contribution in [0.25, 0.3) is 22.7 Å². The van der Waals surface area contributed by atoms with E-state index >= 15 is 0 Å². The van der Waals surface area contributed by atoms with Gasteiger partial charge in [0, 0.05) is 0 Å². The summed E-state index contributed by atoms with van der Waals surface area (Å²) in [6.45, 7) is 6.35. The minimum atomic E-state index is 0.0391. The first kappa shape index (κ1) is 18.0. The van der Waals surface area contributed by atoms with Crippen molar-refractivity contribution in [2.24, 2.45) is 0 Å². The van der Waals surface area contributed by atoms with E-state index in [4.69, 9.17) is 4.74 Å². The first-order valence-corrected chi connectivity index (χ1v) is 8.96. The van der Waals surface area contributed by atoms with Gasteiger partial charge < -0.3 is 14.8 Å². The summed E-state index contributed by atoms with van der Waals surface area (Å²) in [5.74, 6) is 0.910. The molecule has 0 aliphatic heterocycles. The maximum Gasteiger partial charge on any atom is 0.172 e. The quantitative estimate of drug-likeness (QED) is 0.584. The van der Waals surface area contributed by atoms with Crippen LogP contribution >= 0.6 is 15.9 Å². The Balaban J connectivity index is 2.08. The maximum atomic E-state index is 10.0. The van der Waals surface area contributed by atoms with Crippen LogP contribution in [0.5, 0.6) is 11.5 Å². The third-order valence-electron chi connectivity index (χ3n) is 4.13. The fourth-order valence-corrected chi connectivity index (χ4v) is 3.12. The summed E-state index contributed by atoms with van der Waals surface area (Å²) >= 11 is 3.31. The van der Waals surface area contributed by atoms with E-state index in [1.165, 1.54) is 5.56 Å². The second-order valence-corrected chi connectivity index (χ2v) is 6.85. The van der Waals surface area contributed by atoms with Crippen molar-refractivity contribution >= 4 is 38.6 Å². The van der Waals surface area contributed by atoms with Crippen LogP contribution in [-0.4, -0.2) is 21.7 Å². The number of aromatic amines is 1. The van der Waals surface area contributed by atoms with Gasteiger partial charge >= 0.3 is 0 Å². The summed E-state index contributed by atoms with van der Waals surface area (Å²) in [6.07, 6.45) is 1.71. The molecule has 0 fully saturated rings. The van der Waals surface area contributed by atoms with Gasteiger partial charge in [0.2, 0.25) is 0 Å². The van der Waals surface area contributed by atoms with Gasteiger partial charge in [0.05, 0.1) is 27.7 Å². The number of rotatable bonds is 4. The Morgan fingerprint density at radius 2 is 2.04 bits per heavy atom. The fraction of sp³-hybridized carbons (Fsp3) is 0.200. The molecule has 0 atom stereocenters. The van der Waals surface area contributed by atoms with Crippen molar-refractivity contribution in [2.45, 2.75) is 20.8 Å². The number of aromatic nitrogens is 2. The number of phenolic OH excluding ortho intramolecular Hbond substituents is 1. The summed E-state index contributed by atoms with van der Waals surface area (Å²) in [6, 6.07) is 9.64. The van der Waals surface area contributed by atoms with Crippen molar-refractivity contribution in [1.82, 2.24) is 9.97 Å². The SMILES string of the molecule is CCOc1cc(/C=C(/C#N)c2nc3cc(C)c(C)cc3[nH]2)cc(Br)c1O. The van der Waals surface area contributed by atoms with E-state index in [0.29, 0.717) is 28.2 Å². The molecule has 3 aromatic rings. The van der Waals surface area contributed by atoms with Crippen LogP contribution in [0.3, 0.4) is 0 Å². The lowest BCUT2D eigenvalue weighted by molar-refractivity contribution is 0.317. The number of hydrogen-bond donors (Lipinski definition) is 2. The maximum absolute atomic E-state index is 10.0. The molecule has 0 saturated carbocycles. The molecule has 0 aliphatic rings. The number of phenols is 1. The van der Waals surface area contributed by atoms with E-state index in [0.717, 1.165) is 22.2 Å². The molecule has 26 heavy (non-hydrogen) atoms. The third-order valence-corrected chi connectivity index (χ3v) is 4.74. The summed E-state index contributed by atoms with van der Waals surface area (Å²) < 4.78 is 5.94. The predicted molar refractivity (Wildman–Crippen MR) is 106 cm³/mol. The Bertz CT molecular complexity index is 1020. The smallest absolute Gasteiger partial charge is 0.172 e. The number of benzene rings is 2. The first-order chi connectivity index (χ1) is 12.4. The standard InChI is InChI=1S/C20H18BrN3O2/c1-4-26-18-9-13(8-15(21)19(18)25)7-14(10-22)20-23-16-5-11(2)12(3)6-17(16)24-20/h5-9,25H,4H2,1-3H3,(H,23,24)/b14-7-. The van der Waals surface area contributed by atoms with Crippen LogP contribution in [0.15, 0.2) is 28.7 Å². The van der Waals surface area contributed by atoms with Gasteiger partial charge in [-0.05, 0) is 83.7 Å². The lowest BCUT2D eigenvalue weighted by atomic mass is 10.1. The van der Waals surface area contributed by atoms with Gasteiger partial charge in [0.15, 0.2) is 11.5 Å². The van der Waals surface area contributed by atoms with Crippen LogP contribution in [0.4, 0.5) is 0 Å². The van der Waals surface area contributed by atoms with E-state index < -0.39 is 0 Å². The molecule has 3 rings (SSSR count). The Morgan fingerprint density at radius 3 is 2.73 bits per heavy atom. The van der Waals surface area contributed by atoms with Crippen LogP contribution in [0, 0.1) is 25.2 Å². The number of aryl methyl sites for hydroxylation is 2. The monoisotopic (exact) mass is 411 g/mol. The number of nitrogens with zero attached hydrogens (tertiary/aromatic N) is 2. The Hall–Kier alpha value is -2.78. The lowest BCUT2D eigenvalue weighted by Crippen LogP contribution is -1.93. The number of imidazole rings is 1. The highest BCUT2D eigenvalue weighted by atomic mass is 79.9. The van der Waals surface area contributed by atoms with E-state index in [9.17, 15) is 10.4 Å². The number of halogens is 1. The van der Waals surface area contributed by atoms with E-state index in [1.807, 2.05) is 32.9 Å². The molecule has 0 saturated heterocycles. The van der Waals surface area contributed by atoms with Crippen LogP contribution in [-0.2, 0) is 0 Å². The van der Waals surface area contributed by atoms with Gasteiger partial charge in [-0.3, -0.25) is 0 Å². The molecule has 132 valence electrons. The molecular weight excluding hydrogens is 394 g/mol. The molecule has 1 aromatic heterocycles. The van der Waals surface area contributed by atoms with Crippen molar-refractivity contribution in [3.63, 3.8) is 0 Å². The molecule has 2 aromatic carbocycles. The summed E-state index contributed by atoms with van der Waals surface area (Å²) in [5.41, 5.74) is 5.16. The van der Waals surface area contributed by atoms with Crippen LogP contribution in [0.1, 0.15) is 29.4 Å². The summed E-state index contributed by atoms with van der Waals surface area (Å²) in [7, 11) is 0. The van der Waals surface area contributed by atoms with Crippen molar-refractivity contribution in [2.75, 3.05) is 6.61 Å². The van der Waals surface area contributed by atoms with Crippen LogP contribution < -0.4 is 4.74 Å². The Kier molecular flexibility index (Phi) is 5.01. The van der Waals surface area contributed by atoms with E-state index in [-0.39, 0.29) is 5.75 Å². The second kappa shape index (κ2) is 7.22. The molecule has 2 N–H and O–H groups in total. The van der Waals surface area contributed by atoms with Gasteiger partial charge in [-0.1, -0.05) is 0 Å². The topological polar surface area (TPSA) is 81.9 Å². The number of fused-ring (bicyclic) bond motifs is 1. The van der Waals surface area contributed by atoms with Gasteiger partial charge in [0.1, 0.15) is 11.9 Å². The zero-order valence-corrected chi connectivity index (χ0v) is 16.3. The van der Waals surface area contributed by atoms with Crippen LogP contribution in [0.2, 0.25) is 0 Å². The lowest BCUT2D eigenvalue weighted by Gasteiger charge is -2.08. The zero-order valence-electron chi connectivity index (χ0n) is 14.7. The number of nitriles is 1. The normalized spacial score (nSPS) is 11.6. The average molecular weight is 412 g/mol. The number of nitrogens with one attached hydrogen (secondary N) is 1. The number of H-pyrrole nitrogens is 1. The molecule has 6 heteroatoms. The van der Waals surface area contributed by atoms with Gasteiger partial charge in [-0.15, -0.1) is 0 Å². The first-order valence-electron chi connectivity index (χ1n) is 8.17. The van der Waals surface area contributed by atoms with Gasteiger partial charge in [-0.25, -0.2) is 4.98 Å². The van der Waals surface area contributed by atoms with Crippen molar-refractivity contribution in [3.05, 3.63) is 51.3 Å². The number of hydrogen-bond acceptors (Lipinski definition) is 4. The van der Waals surface area contributed by atoms with E-state index in [1.54, 1.807) is 18.2 Å². The average Bonchev–Trinajstić information content (AvgIpc) is 3.00. The van der Waals surface area contributed by atoms with Crippen molar-refractivity contribution in [3.8, 4) is 17.6 Å². The minimum Gasteiger partial charge on any atom is -0.503 e. The van der Waals surface area contributed by atoms with E-state index in [2.05, 4.69) is 32.0 Å². The zero-order chi connectivity index (χ0) is 18.8. The number of ether oxygens (including phenoxy) is 1. The molecule has 5 nitrogen and oxygen atoms in total. The molecule has 1 heterocycles. The third kappa shape index (κ3) is 3.44. The second-order valence-electron chi connectivity index (χ2n) is 5.99. The summed E-state index contributed by atoms with van der Waals surface area (Å²) in [4.78, 5) is 7.75. The highest BCUT2D eigenvalue weighted by Gasteiger charge is 2.12. The highest BCUT2D eigenvalue weighted by Crippen LogP contribution is 2.36. The Morgan fingerprint density at radius 1 is 1.31 bits per heavy atom. The molecule has 0 spiro atoms. The van der Waals surface area contributed by atoms with Crippen molar-refractivity contribution in [1.29, 1.82) is 5.26 Å². The predicted octanol–water partition coefficient (Wildman–Crippen LogP) is 5.11.